The molecule has 0 bridgehead atoms. The number of benzene rings is 2. The molecule has 2 aliphatic rings. The van der Waals surface area contributed by atoms with Gasteiger partial charge in [-0.25, -0.2) is 0 Å². The lowest BCUT2D eigenvalue weighted by atomic mass is 9.68. The Morgan fingerprint density at radius 3 is 2.40 bits per heavy atom. The molecular formula is C22H26N2O. The number of likely N-dealkylation sites (N-methyl/N-ethyl adjacent to an activating group) is 1. The number of fused-ring (bicyclic) bond motifs is 2. The fourth-order valence-corrected chi connectivity index (χ4v) is 4.51. The molecule has 3 nitrogen and oxygen atoms in total. The summed E-state index contributed by atoms with van der Waals surface area (Å²) in [4.78, 5) is 17.0. The van der Waals surface area contributed by atoms with Crippen LogP contribution < -0.4 is 0 Å². The van der Waals surface area contributed by atoms with Gasteiger partial charge in [0.05, 0.1) is 0 Å². The van der Waals surface area contributed by atoms with Gasteiger partial charge in [0.1, 0.15) is 0 Å². The zero-order valence-electron chi connectivity index (χ0n) is 14.9. The standard InChI is InChI=1S/C22H26N2O/c1-23-17-22(20-10-6-5-9-19(20)21(23)25)12-15-24(16-13-22)14-11-18-7-3-2-4-8-18/h2-10H,11-17H2,1H3. The topological polar surface area (TPSA) is 23.6 Å². The summed E-state index contributed by atoms with van der Waals surface area (Å²) in [5.74, 6) is 0.174. The van der Waals surface area contributed by atoms with Crippen LogP contribution in [-0.2, 0) is 11.8 Å². The van der Waals surface area contributed by atoms with Gasteiger partial charge in [-0.05, 0) is 49.5 Å². The van der Waals surface area contributed by atoms with E-state index in [4.69, 9.17) is 0 Å². The van der Waals surface area contributed by atoms with Crippen molar-refractivity contribution in [3.63, 3.8) is 0 Å². The first-order chi connectivity index (χ1) is 12.2. The highest BCUT2D eigenvalue weighted by Gasteiger charge is 2.43. The first kappa shape index (κ1) is 16.3. The van der Waals surface area contributed by atoms with Crippen molar-refractivity contribution in [3.05, 3.63) is 71.3 Å². The average Bonchev–Trinajstić information content (AvgIpc) is 2.67. The van der Waals surface area contributed by atoms with Gasteiger partial charge in [0, 0.05) is 31.1 Å². The van der Waals surface area contributed by atoms with E-state index in [9.17, 15) is 4.79 Å². The number of rotatable bonds is 3. The van der Waals surface area contributed by atoms with Crippen molar-refractivity contribution in [2.24, 2.45) is 0 Å². The largest absolute Gasteiger partial charge is 0.341 e. The van der Waals surface area contributed by atoms with Crippen LogP contribution in [0.25, 0.3) is 0 Å². The molecule has 0 aliphatic carbocycles. The Bertz CT molecular complexity index is 748. The second kappa shape index (κ2) is 6.64. The molecule has 0 saturated carbocycles. The normalized spacial score (nSPS) is 19.9. The van der Waals surface area contributed by atoms with Crippen LogP contribution in [0.3, 0.4) is 0 Å². The quantitative estimate of drug-likeness (QED) is 0.859. The lowest BCUT2D eigenvalue weighted by Gasteiger charge is -2.47. The number of carbonyl (C=O) groups is 1. The molecule has 0 N–H and O–H groups in total. The molecule has 2 aliphatic heterocycles. The highest BCUT2D eigenvalue weighted by Crippen LogP contribution is 2.41. The summed E-state index contributed by atoms with van der Waals surface area (Å²) in [6.45, 7) is 4.21. The second-order valence-electron chi connectivity index (χ2n) is 7.56. The molecule has 2 aromatic rings. The fourth-order valence-electron chi connectivity index (χ4n) is 4.51. The third-order valence-corrected chi connectivity index (χ3v) is 5.99. The van der Waals surface area contributed by atoms with Crippen LogP contribution in [0.1, 0.15) is 34.3 Å². The Morgan fingerprint density at radius 2 is 1.64 bits per heavy atom. The van der Waals surface area contributed by atoms with Crippen molar-refractivity contribution >= 4 is 5.91 Å². The summed E-state index contributed by atoms with van der Waals surface area (Å²) >= 11 is 0. The van der Waals surface area contributed by atoms with Crippen molar-refractivity contribution in [2.45, 2.75) is 24.7 Å². The average molecular weight is 334 g/mol. The van der Waals surface area contributed by atoms with E-state index in [0.717, 1.165) is 51.0 Å². The smallest absolute Gasteiger partial charge is 0.253 e. The SMILES string of the molecule is CN1CC2(CCN(CCc3ccccc3)CC2)c2ccccc2C1=O. The van der Waals surface area contributed by atoms with Gasteiger partial charge in [0.15, 0.2) is 0 Å². The number of nitrogens with zero attached hydrogens (tertiary/aromatic N) is 2. The Hall–Kier alpha value is -2.13. The zero-order valence-corrected chi connectivity index (χ0v) is 14.9. The van der Waals surface area contributed by atoms with Gasteiger partial charge in [-0.2, -0.15) is 0 Å². The summed E-state index contributed by atoms with van der Waals surface area (Å²) in [5.41, 5.74) is 3.74. The van der Waals surface area contributed by atoms with Crippen LogP contribution in [0.15, 0.2) is 54.6 Å². The van der Waals surface area contributed by atoms with Crippen molar-refractivity contribution in [2.75, 3.05) is 33.2 Å². The van der Waals surface area contributed by atoms with E-state index in [-0.39, 0.29) is 11.3 Å². The lowest BCUT2D eigenvalue weighted by molar-refractivity contribution is 0.0642. The number of carbonyl (C=O) groups excluding carboxylic acids is 1. The van der Waals surface area contributed by atoms with Crippen molar-refractivity contribution < 1.29 is 4.79 Å². The maximum atomic E-state index is 12.5. The molecule has 0 unspecified atom stereocenters. The van der Waals surface area contributed by atoms with Crippen molar-refractivity contribution in [3.8, 4) is 0 Å². The first-order valence-corrected chi connectivity index (χ1v) is 9.29. The Labute approximate surface area is 150 Å². The predicted molar refractivity (Wildman–Crippen MR) is 101 cm³/mol. The summed E-state index contributed by atoms with van der Waals surface area (Å²) in [6, 6.07) is 19.0. The number of amides is 1. The molecule has 1 saturated heterocycles. The lowest BCUT2D eigenvalue weighted by Crippen LogP contribution is -2.53. The molecule has 2 aromatic carbocycles. The summed E-state index contributed by atoms with van der Waals surface area (Å²) in [7, 11) is 1.95. The van der Waals surface area contributed by atoms with E-state index in [1.165, 1.54) is 11.1 Å². The molecule has 1 spiro atoms. The number of piperidine rings is 1. The van der Waals surface area contributed by atoms with E-state index in [2.05, 4.69) is 47.4 Å². The van der Waals surface area contributed by atoms with Crippen LogP contribution in [0.4, 0.5) is 0 Å². The minimum absolute atomic E-state index is 0.141. The summed E-state index contributed by atoms with van der Waals surface area (Å²) in [5, 5.41) is 0. The second-order valence-corrected chi connectivity index (χ2v) is 7.56. The van der Waals surface area contributed by atoms with Gasteiger partial charge in [-0.1, -0.05) is 48.5 Å². The summed E-state index contributed by atoms with van der Waals surface area (Å²) < 4.78 is 0. The first-order valence-electron chi connectivity index (χ1n) is 9.29. The third kappa shape index (κ3) is 3.09. The molecule has 3 heteroatoms. The van der Waals surface area contributed by atoms with Gasteiger partial charge in [0.2, 0.25) is 0 Å². The van der Waals surface area contributed by atoms with E-state index >= 15 is 0 Å². The van der Waals surface area contributed by atoms with Gasteiger partial charge >= 0.3 is 0 Å². The third-order valence-electron chi connectivity index (χ3n) is 5.99. The van der Waals surface area contributed by atoms with Crippen LogP contribution in [0.5, 0.6) is 0 Å². The molecule has 1 fully saturated rings. The van der Waals surface area contributed by atoms with Crippen LogP contribution in [-0.4, -0.2) is 48.9 Å². The Kier molecular flexibility index (Phi) is 4.34. The van der Waals surface area contributed by atoms with E-state index in [1.807, 2.05) is 24.1 Å². The van der Waals surface area contributed by atoms with E-state index in [1.54, 1.807) is 0 Å². The summed E-state index contributed by atoms with van der Waals surface area (Å²) in [6.07, 6.45) is 3.38. The van der Waals surface area contributed by atoms with Crippen molar-refractivity contribution in [1.29, 1.82) is 0 Å². The number of likely N-dealkylation sites (tertiary alicyclic amines) is 1. The maximum Gasteiger partial charge on any atom is 0.253 e. The molecule has 0 atom stereocenters. The maximum absolute atomic E-state index is 12.5. The van der Waals surface area contributed by atoms with Crippen LogP contribution in [0, 0.1) is 0 Å². The molecule has 1 amide bonds. The van der Waals surface area contributed by atoms with Crippen LogP contribution in [0.2, 0.25) is 0 Å². The predicted octanol–water partition coefficient (Wildman–Crippen LogP) is 3.35. The number of hydrogen-bond donors (Lipinski definition) is 0. The van der Waals surface area contributed by atoms with Gasteiger partial charge in [0.25, 0.3) is 5.91 Å². The highest BCUT2D eigenvalue weighted by atomic mass is 16.2. The van der Waals surface area contributed by atoms with Gasteiger partial charge in [-0.3, -0.25) is 4.79 Å². The van der Waals surface area contributed by atoms with Gasteiger partial charge in [-0.15, -0.1) is 0 Å². The molecule has 0 radical (unpaired) electrons. The molecule has 25 heavy (non-hydrogen) atoms. The van der Waals surface area contributed by atoms with Gasteiger partial charge < -0.3 is 9.80 Å². The van der Waals surface area contributed by atoms with E-state index < -0.39 is 0 Å². The molecule has 2 heterocycles. The van der Waals surface area contributed by atoms with E-state index in [0.29, 0.717) is 0 Å². The Balaban J connectivity index is 1.46. The molecular weight excluding hydrogens is 308 g/mol. The Morgan fingerprint density at radius 1 is 0.960 bits per heavy atom. The zero-order chi connectivity index (χ0) is 17.3. The number of hydrogen-bond acceptors (Lipinski definition) is 2. The minimum atomic E-state index is 0.141. The monoisotopic (exact) mass is 334 g/mol. The minimum Gasteiger partial charge on any atom is -0.341 e. The highest BCUT2D eigenvalue weighted by molar-refractivity contribution is 5.97. The molecule has 0 aromatic heterocycles. The molecule has 4 rings (SSSR count). The fraction of sp³-hybridized carbons (Fsp3) is 0.409. The van der Waals surface area contributed by atoms with Crippen LogP contribution >= 0.6 is 0 Å². The van der Waals surface area contributed by atoms with Crippen molar-refractivity contribution in [1.82, 2.24) is 9.80 Å². The molecule has 130 valence electrons.